The van der Waals surface area contributed by atoms with Gasteiger partial charge in [-0.05, 0) is 49.3 Å². The quantitative estimate of drug-likeness (QED) is 0.740. The van der Waals surface area contributed by atoms with Crippen LogP contribution in [0.3, 0.4) is 0 Å². The molecule has 2 unspecified atom stereocenters. The highest BCUT2D eigenvalue weighted by Gasteiger charge is 2.11. The zero-order chi connectivity index (χ0) is 12.1. The number of nitrogens with zero attached hydrogens (tertiary/aromatic N) is 2. The molecule has 0 saturated carbocycles. The normalized spacial score (nSPS) is 15.1. The first-order valence-electron chi connectivity index (χ1n) is 5.93. The van der Waals surface area contributed by atoms with Gasteiger partial charge in [0.15, 0.2) is 0 Å². The monoisotopic (exact) mass is 336 g/mol. The number of aromatic nitrogens is 2. The van der Waals surface area contributed by atoms with Crippen LogP contribution < -0.4 is 0 Å². The topological polar surface area (TPSA) is 27.1 Å². The fourth-order valence-electron chi connectivity index (χ4n) is 1.26. The van der Waals surface area contributed by atoms with Crippen molar-refractivity contribution in [3.05, 3.63) is 15.5 Å². The fourth-order valence-corrected chi connectivity index (χ4v) is 1.81. The molecule has 0 radical (unpaired) electrons. The second-order valence-corrected chi connectivity index (χ2v) is 5.35. The summed E-state index contributed by atoms with van der Waals surface area (Å²) in [6.45, 7) is 9.21. The molecule has 0 bridgehead atoms. The van der Waals surface area contributed by atoms with E-state index in [0.717, 1.165) is 18.5 Å². The summed E-state index contributed by atoms with van der Waals surface area (Å²) in [6.07, 6.45) is 4.56. The zero-order valence-corrected chi connectivity index (χ0v) is 12.7. The molecule has 4 heteroatoms. The smallest absolute Gasteiger partial charge is 0.101 e. The van der Waals surface area contributed by atoms with Crippen molar-refractivity contribution < 1.29 is 4.74 Å². The number of hydrogen-bond acceptors (Lipinski definition) is 2. The Kier molecular flexibility index (Phi) is 5.75. The molecule has 2 atom stereocenters. The van der Waals surface area contributed by atoms with Gasteiger partial charge in [0.2, 0.25) is 0 Å². The van der Waals surface area contributed by atoms with Gasteiger partial charge in [-0.3, -0.25) is 4.68 Å². The maximum atomic E-state index is 5.70. The van der Waals surface area contributed by atoms with Crippen molar-refractivity contribution in [2.75, 3.05) is 0 Å². The predicted octanol–water partition coefficient (Wildman–Crippen LogP) is 3.77. The van der Waals surface area contributed by atoms with Crippen LogP contribution in [0.25, 0.3) is 0 Å². The molecule has 1 rings (SSSR count). The lowest BCUT2D eigenvalue weighted by Gasteiger charge is -2.10. The Balaban J connectivity index is 2.63. The molecule has 16 heavy (non-hydrogen) atoms. The van der Waals surface area contributed by atoms with Gasteiger partial charge in [0, 0.05) is 12.2 Å². The van der Waals surface area contributed by atoms with Crippen LogP contribution in [-0.4, -0.2) is 15.9 Å². The molecule has 0 aromatic carbocycles. The van der Waals surface area contributed by atoms with Gasteiger partial charge in [-0.2, -0.15) is 5.10 Å². The van der Waals surface area contributed by atoms with Crippen molar-refractivity contribution >= 4 is 22.6 Å². The molecule has 0 spiro atoms. The van der Waals surface area contributed by atoms with E-state index in [9.17, 15) is 0 Å². The van der Waals surface area contributed by atoms with Crippen LogP contribution >= 0.6 is 22.6 Å². The minimum absolute atomic E-state index is 0.310. The van der Waals surface area contributed by atoms with Crippen LogP contribution in [0.1, 0.15) is 52.3 Å². The third-order valence-corrected chi connectivity index (χ3v) is 3.78. The van der Waals surface area contributed by atoms with Gasteiger partial charge in [-0.15, -0.1) is 0 Å². The van der Waals surface area contributed by atoms with E-state index in [0.29, 0.717) is 18.8 Å². The Labute approximate surface area is 112 Å². The Morgan fingerprint density at radius 1 is 1.38 bits per heavy atom. The number of rotatable bonds is 6. The lowest BCUT2D eigenvalue weighted by molar-refractivity contribution is 0.0481. The van der Waals surface area contributed by atoms with Crippen LogP contribution in [-0.2, 0) is 11.3 Å². The van der Waals surface area contributed by atoms with E-state index in [-0.39, 0.29) is 0 Å². The first kappa shape index (κ1) is 14.0. The van der Waals surface area contributed by atoms with Gasteiger partial charge in [0.25, 0.3) is 0 Å². The van der Waals surface area contributed by atoms with Gasteiger partial charge in [-0.1, -0.05) is 13.8 Å². The highest BCUT2D eigenvalue weighted by Crippen LogP contribution is 2.17. The summed E-state index contributed by atoms with van der Waals surface area (Å²) in [5, 5.41) is 4.57. The van der Waals surface area contributed by atoms with Gasteiger partial charge >= 0.3 is 0 Å². The Morgan fingerprint density at radius 2 is 2.06 bits per heavy atom. The highest BCUT2D eigenvalue weighted by atomic mass is 127. The Bertz CT molecular complexity index is 325. The third kappa shape index (κ3) is 3.73. The number of halogens is 1. The lowest BCUT2D eigenvalue weighted by atomic mass is 10.3. The first-order valence-corrected chi connectivity index (χ1v) is 7.01. The molecule has 92 valence electrons. The highest BCUT2D eigenvalue weighted by molar-refractivity contribution is 14.1. The van der Waals surface area contributed by atoms with E-state index in [1.54, 1.807) is 0 Å². The molecule has 1 aromatic heterocycles. The SMILES string of the molecule is CCC(C)OCc1nn(C(C)CC)cc1I. The molecule has 3 nitrogen and oxygen atoms in total. The minimum Gasteiger partial charge on any atom is -0.372 e. The largest absolute Gasteiger partial charge is 0.372 e. The lowest BCUT2D eigenvalue weighted by Crippen LogP contribution is -2.08. The van der Waals surface area contributed by atoms with E-state index in [1.807, 2.05) is 4.68 Å². The van der Waals surface area contributed by atoms with E-state index in [2.05, 4.69) is 61.6 Å². The second-order valence-electron chi connectivity index (χ2n) is 4.19. The average Bonchev–Trinajstić information content (AvgIpc) is 2.66. The summed E-state index contributed by atoms with van der Waals surface area (Å²) < 4.78 is 8.94. The predicted molar refractivity (Wildman–Crippen MR) is 74.5 cm³/mol. The average molecular weight is 336 g/mol. The molecule has 0 saturated heterocycles. The summed E-state index contributed by atoms with van der Waals surface area (Å²) in [6, 6.07) is 0.464. The van der Waals surface area contributed by atoms with E-state index < -0.39 is 0 Å². The third-order valence-electron chi connectivity index (χ3n) is 2.88. The molecule has 0 aliphatic carbocycles. The first-order chi connectivity index (χ1) is 7.58. The molecule has 0 amide bonds. The minimum atomic E-state index is 0.310. The molecular formula is C12H21IN2O. The Morgan fingerprint density at radius 3 is 2.62 bits per heavy atom. The molecule has 0 N–H and O–H groups in total. The summed E-state index contributed by atoms with van der Waals surface area (Å²) in [7, 11) is 0. The van der Waals surface area contributed by atoms with Crippen LogP contribution in [0.15, 0.2) is 6.20 Å². The molecule has 0 aliphatic heterocycles. The molecule has 0 fully saturated rings. The van der Waals surface area contributed by atoms with Crippen molar-refractivity contribution in [2.24, 2.45) is 0 Å². The second kappa shape index (κ2) is 6.59. The van der Waals surface area contributed by atoms with Gasteiger partial charge < -0.3 is 4.74 Å². The van der Waals surface area contributed by atoms with E-state index >= 15 is 0 Å². The number of ether oxygens (including phenoxy) is 1. The van der Waals surface area contributed by atoms with Crippen molar-refractivity contribution in [1.29, 1.82) is 0 Å². The summed E-state index contributed by atoms with van der Waals surface area (Å²) in [5.74, 6) is 0. The number of hydrogen-bond donors (Lipinski definition) is 0. The zero-order valence-electron chi connectivity index (χ0n) is 10.5. The molecule has 0 aliphatic rings. The van der Waals surface area contributed by atoms with Crippen molar-refractivity contribution in [3.8, 4) is 0 Å². The maximum Gasteiger partial charge on any atom is 0.101 e. The van der Waals surface area contributed by atoms with Crippen molar-refractivity contribution in [2.45, 2.75) is 59.3 Å². The van der Waals surface area contributed by atoms with E-state index in [4.69, 9.17) is 4.74 Å². The van der Waals surface area contributed by atoms with Crippen LogP contribution in [0, 0.1) is 3.57 Å². The van der Waals surface area contributed by atoms with Crippen LogP contribution in [0.4, 0.5) is 0 Å². The summed E-state index contributed by atoms with van der Waals surface area (Å²) >= 11 is 2.33. The van der Waals surface area contributed by atoms with Crippen LogP contribution in [0.5, 0.6) is 0 Å². The van der Waals surface area contributed by atoms with Crippen LogP contribution in [0.2, 0.25) is 0 Å². The van der Waals surface area contributed by atoms with Gasteiger partial charge in [0.1, 0.15) is 5.69 Å². The maximum absolute atomic E-state index is 5.70. The summed E-state index contributed by atoms with van der Waals surface area (Å²) in [5.41, 5.74) is 1.06. The van der Waals surface area contributed by atoms with Gasteiger partial charge in [0.05, 0.1) is 16.3 Å². The standard InChI is InChI=1S/C12H21IN2O/c1-5-9(3)15-7-11(13)12(14-15)8-16-10(4)6-2/h7,9-10H,5-6,8H2,1-4H3. The molecule has 1 aromatic rings. The summed E-state index contributed by atoms with van der Waals surface area (Å²) in [4.78, 5) is 0. The Hall–Kier alpha value is -0.100. The van der Waals surface area contributed by atoms with Gasteiger partial charge in [-0.25, -0.2) is 0 Å². The molecular weight excluding hydrogens is 315 g/mol. The molecule has 1 heterocycles. The van der Waals surface area contributed by atoms with Crippen molar-refractivity contribution in [3.63, 3.8) is 0 Å². The van der Waals surface area contributed by atoms with E-state index in [1.165, 1.54) is 3.57 Å². The fraction of sp³-hybridized carbons (Fsp3) is 0.750. The van der Waals surface area contributed by atoms with Crippen molar-refractivity contribution in [1.82, 2.24) is 9.78 Å².